The number of hydrogen-bond acceptors (Lipinski definition) is 5. The molecule has 1 unspecified atom stereocenters. The van der Waals surface area contributed by atoms with Gasteiger partial charge in [0.25, 0.3) is 5.91 Å². The Morgan fingerprint density at radius 1 is 1.06 bits per heavy atom. The van der Waals surface area contributed by atoms with Gasteiger partial charge in [0.15, 0.2) is 11.5 Å². The summed E-state index contributed by atoms with van der Waals surface area (Å²) in [6.07, 6.45) is 0.181. The summed E-state index contributed by atoms with van der Waals surface area (Å²) < 4.78 is 10.7. The molecular weight excluding hydrogens is 410 g/mol. The van der Waals surface area contributed by atoms with E-state index in [-0.39, 0.29) is 30.9 Å². The van der Waals surface area contributed by atoms with Crippen molar-refractivity contribution >= 4 is 23.4 Å². The molecular formula is C24H27N3O5. The third kappa shape index (κ3) is 4.26. The monoisotopic (exact) mass is 437 g/mol. The Labute approximate surface area is 187 Å². The molecule has 32 heavy (non-hydrogen) atoms. The van der Waals surface area contributed by atoms with Gasteiger partial charge in [-0.2, -0.15) is 0 Å². The van der Waals surface area contributed by atoms with E-state index in [2.05, 4.69) is 0 Å². The predicted molar refractivity (Wildman–Crippen MR) is 119 cm³/mol. The molecule has 0 aromatic heterocycles. The van der Waals surface area contributed by atoms with E-state index in [9.17, 15) is 14.4 Å². The number of amides is 3. The lowest BCUT2D eigenvalue weighted by Crippen LogP contribution is -2.37. The molecule has 0 bridgehead atoms. The van der Waals surface area contributed by atoms with E-state index in [1.54, 1.807) is 48.2 Å². The van der Waals surface area contributed by atoms with E-state index < -0.39 is 5.92 Å². The van der Waals surface area contributed by atoms with Gasteiger partial charge in [-0.3, -0.25) is 14.4 Å². The molecule has 4 rings (SSSR count). The second kappa shape index (κ2) is 8.90. The Morgan fingerprint density at radius 3 is 2.47 bits per heavy atom. The fourth-order valence-corrected chi connectivity index (χ4v) is 4.01. The minimum Gasteiger partial charge on any atom is -0.454 e. The molecule has 0 spiro atoms. The Morgan fingerprint density at radius 2 is 1.78 bits per heavy atom. The van der Waals surface area contributed by atoms with Gasteiger partial charge in [-0.1, -0.05) is 12.1 Å². The second-order valence-electron chi connectivity index (χ2n) is 8.19. The molecule has 2 aliphatic rings. The number of fused-ring (bicyclic) bond motifs is 1. The Balaban J connectivity index is 1.42. The van der Waals surface area contributed by atoms with Crippen molar-refractivity contribution in [3.63, 3.8) is 0 Å². The summed E-state index contributed by atoms with van der Waals surface area (Å²) in [5, 5.41) is 0. The maximum Gasteiger partial charge on any atom is 0.253 e. The fraction of sp³-hybridized carbons (Fsp3) is 0.375. The quantitative estimate of drug-likeness (QED) is 0.694. The molecule has 2 aliphatic heterocycles. The van der Waals surface area contributed by atoms with Crippen molar-refractivity contribution in [2.75, 3.05) is 38.9 Å². The van der Waals surface area contributed by atoms with Gasteiger partial charge >= 0.3 is 0 Å². The highest BCUT2D eigenvalue weighted by Gasteiger charge is 2.37. The van der Waals surface area contributed by atoms with Gasteiger partial charge in [-0.25, -0.2) is 0 Å². The molecule has 0 aliphatic carbocycles. The molecule has 8 nitrogen and oxygen atoms in total. The highest BCUT2D eigenvalue weighted by atomic mass is 16.7. The first-order valence-corrected chi connectivity index (χ1v) is 10.7. The molecule has 8 heteroatoms. The number of carbonyl (C=O) groups excluding carboxylic acids is 3. The first kappa shape index (κ1) is 21.7. The van der Waals surface area contributed by atoms with Gasteiger partial charge < -0.3 is 24.2 Å². The van der Waals surface area contributed by atoms with Crippen LogP contribution in [0.1, 0.15) is 29.3 Å². The van der Waals surface area contributed by atoms with E-state index in [1.807, 2.05) is 25.1 Å². The average Bonchev–Trinajstić information content (AvgIpc) is 3.42. The zero-order valence-corrected chi connectivity index (χ0v) is 18.5. The van der Waals surface area contributed by atoms with E-state index in [0.29, 0.717) is 42.4 Å². The normalized spacial score (nSPS) is 16.9. The predicted octanol–water partition coefficient (Wildman–Crippen LogP) is 2.52. The van der Waals surface area contributed by atoms with Crippen molar-refractivity contribution in [1.82, 2.24) is 9.80 Å². The minimum atomic E-state index is -0.400. The van der Waals surface area contributed by atoms with Crippen LogP contribution in [0.3, 0.4) is 0 Å². The van der Waals surface area contributed by atoms with Crippen molar-refractivity contribution in [3.05, 3.63) is 53.6 Å². The lowest BCUT2D eigenvalue weighted by atomic mass is 10.1. The summed E-state index contributed by atoms with van der Waals surface area (Å²) >= 11 is 0. The number of nitrogens with zero attached hydrogens (tertiary/aromatic N) is 3. The summed E-state index contributed by atoms with van der Waals surface area (Å²) in [6.45, 7) is 3.40. The smallest absolute Gasteiger partial charge is 0.253 e. The van der Waals surface area contributed by atoms with E-state index in [1.165, 1.54) is 4.90 Å². The first-order chi connectivity index (χ1) is 15.4. The van der Waals surface area contributed by atoms with Crippen LogP contribution in [0.4, 0.5) is 5.69 Å². The molecule has 2 heterocycles. The average molecular weight is 437 g/mol. The minimum absolute atomic E-state index is 0.0439. The third-order valence-corrected chi connectivity index (χ3v) is 5.82. The van der Waals surface area contributed by atoms with Crippen LogP contribution in [0.15, 0.2) is 42.5 Å². The van der Waals surface area contributed by atoms with E-state index in [4.69, 9.17) is 9.47 Å². The molecule has 1 saturated heterocycles. The molecule has 0 radical (unpaired) electrons. The van der Waals surface area contributed by atoms with Gasteiger partial charge in [0, 0.05) is 57.5 Å². The van der Waals surface area contributed by atoms with Crippen molar-refractivity contribution in [2.24, 2.45) is 5.92 Å². The molecule has 1 fully saturated rings. The maximum absolute atomic E-state index is 13.2. The van der Waals surface area contributed by atoms with Crippen molar-refractivity contribution in [1.29, 1.82) is 0 Å². The van der Waals surface area contributed by atoms with E-state index >= 15 is 0 Å². The number of anilines is 1. The highest BCUT2D eigenvalue weighted by Crippen LogP contribution is 2.37. The molecule has 1 atom stereocenters. The Kier molecular flexibility index (Phi) is 6.03. The number of benzene rings is 2. The van der Waals surface area contributed by atoms with Crippen LogP contribution in [0.2, 0.25) is 0 Å². The summed E-state index contributed by atoms with van der Waals surface area (Å²) in [6, 6.07) is 12.7. The molecule has 0 N–H and O–H groups in total. The Bertz CT molecular complexity index is 1030. The van der Waals surface area contributed by atoms with Crippen LogP contribution >= 0.6 is 0 Å². The van der Waals surface area contributed by atoms with Crippen LogP contribution < -0.4 is 14.4 Å². The van der Waals surface area contributed by atoms with Crippen LogP contribution in [0, 0.1) is 5.92 Å². The van der Waals surface area contributed by atoms with Crippen LogP contribution in [0.5, 0.6) is 11.5 Å². The summed E-state index contributed by atoms with van der Waals surface area (Å²) in [5.41, 5.74) is 2.25. The second-order valence-corrected chi connectivity index (χ2v) is 8.19. The third-order valence-electron chi connectivity index (χ3n) is 5.82. The molecule has 2 aromatic rings. The van der Waals surface area contributed by atoms with Crippen molar-refractivity contribution in [3.8, 4) is 11.5 Å². The van der Waals surface area contributed by atoms with Gasteiger partial charge in [-0.15, -0.1) is 0 Å². The number of rotatable bonds is 6. The molecule has 168 valence electrons. The van der Waals surface area contributed by atoms with E-state index in [0.717, 1.165) is 5.56 Å². The van der Waals surface area contributed by atoms with Gasteiger partial charge in [0.1, 0.15) is 0 Å². The SMILES string of the molecule is CCN(Cc1ccc(C(=O)N(C)C)cc1)C(=O)C1CC(=O)N(c2ccc3c(c2)OCO3)C1. The van der Waals surface area contributed by atoms with Crippen molar-refractivity contribution in [2.45, 2.75) is 19.9 Å². The topological polar surface area (TPSA) is 79.4 Å². The summed E-state index contributed by atoms with van der Waals surface area (Å²) in [4.78, 5) is 42.8. The summed E-state index contributed by atoms with van der Waals surface area (Å²) in [7, 11) is 3.42. The lowest BCUT2D eigenvalue weighted by molar-refractivity contribution is -0.136. The zero-order valence-electron chi connectivity index (χ0n) is 18.5. The largest absolute Gasteiger partial charge is 0.454 e. The first-order valence-electron chi connectivity index (χ1n) is 10.7. The number of hydrogen-bond donors (Lipinski definition) is 0. The summed E-state index contributed by atoms with van der Waals surface area (Å²) in [5.74, 6) is 0.679. The molecule has 3 amide bonds. The maximum atomic E-state index is 13.2. The van der Waals surface area contributed by atoms with Gasteiger partial charge in [0.2, 0.25) is 18.6 Å². The Hall–Kier alpha value is -3.55. The van der Waals surface area contributed by atoms with Gasteiger partial charge in [-0.05, 0) is 36.8 Å². The highest BCUT2D eigenvalue weighted by molar-refractivity contribution is 6.00. The lowest BCUT2D eigenvalue weighted by Gasteiger charge is -2.24. The van der Waals surface area contributed by atoms with Crippen molar-refractivity contribution < 1.29 is 23.9 Å². The molecule has 2 aromatic carbocycles. The fourth-order valence-electron chi connectivity index (χ4n) is 4.01. The number of ether oxygens (including phenoxy) is 2. The number of carbonyl (C=O) groups is 3. The zero-order chi connectivity index (χ0) is 22.8. The van der Waals surface area contributed by atoms with Crippen LogP contribution in [0.25, 0.3) is 0 Å². The van der Waals surface area contributed by atoms with Gasteiger partial charge in [0.05, 0.1) is 5.92 Å². The standard InChI is InChI=1S/C24H27N3O5/c1-4-26(13-16-5-7-17(8-6-16)23(29)25(2)3)24(30)18-11-22(28)27(14-18)19-9-10-20-21(12-19)32-15-31-20/h5-10,12,18H,4,11,13-15H2,1-3H3. The molecule has 0 saturated carbocycles. The van der Waals surface area contributed by atoms with Crippen LogP contribution in [-0.2, 0) is 16.1 Å². The van der Waals surface area contributed by atoms with Crippen LogP contribution in [-0.4, -0.2) is 61.5 Å².